The first-order chi connectivity index (χ1) is 11.0. The normalized spacial score (nSPS) is 54.5. The van der Waals surface area contributed by atoms with Crippen molar-refractivity contribution in [3.05, 3.63) is 0 Å². The highest BCUT2D eigenvalue weighted by atomic mass is 15.3. The fourth-order valence-electron chi connectivity index (χ4n) is 8.51. The van der Waals surface area contributed by atoms with Crippen molar-refractivity contribution in [2.45, 2.75) is 83.7 Å². The summed E-state index contributed by atoms with van der Waals surface area (Å²) in [6.07, 6.45) is 15.4. The van der Waals surface area contributed by atoms with E-state index in [-0.39, 0.29) is 0 Å². The molecule has 1 heterocycles. The molecule has 130 valence electrons. The van der Waals surface area contributed by atoms with Crippen molar-refractivity contribution in [2.75, 3.05) is 13.1 Å². The molecule has 0 bridgehead atoms. The van der Waals surface area contributed by atoms with Crippen LogP contribution < -0.4 is 10.6 Å². The molecule has 1 saturated heterocycles. The number of nitrogens with two attached hydrogens (primary N) is 2. The van der Waals surface area contributed by atoms with Crippen molar-refractivity contribution in [2.24, 2.45) is 34.5 Å². The summed E-state index contributed by atoms with van der Waals surface area (Å²) < 4.78 is 0. The first kappa shape index (κ1) is 15.2. The van der Waals surface area contributed by atoms with Crippen molar-refractivity contribution in [3.8, 4) is 0 Å². The third kappa shape index (κ3) is 2.06. The lowest BCUT2D eigenvalue weighted by molar-refractivity contribution is -0.891. The van der Waals surface area contributed by atoms with Gasteiger partial charge < -0.3 is 0 Å². The van der Waals surface area contributed by atoms with Crippen LogP contribution in [-0.4, -0.2) is 18.8 Å². The first-order valence-electron chi connectivity index (χ1n) is 10.7. The van der Waals surface area contributed by atoms with Crippen molar-refractivity contribution in [1.29, 1.82) is 0 Å². The number of hydrogen-bond acceptors (Lipinski definition) is 0. The van der Waals surface area contributed by atoms with Gasteiger partial charge in [-0.05, 0) is 79.4 Å². The Morgan fingerprint density at radius 1 is 0.783 bits per heavy atom. The summed E-state index contributed by atoms with van der Waals surface area (Å²) in [7, 11) is 0. The predicted molar refractivity (Wildman–Crippen MR) is 92.7 cm³/mol. The van der Waals surface area contributed by atoms with Crippen LogP contribution >= 0.6 is 0 Å². The Labute approximate surface area is 142 Å². The minimum atomic E-state index is 0.563. The number of hydrogen-bond donors (Lipinski definition) is 2. The Balaban J connectivity index is 1.41. The standard InChI is InChI=1S/C21H36N2/c1-19-8-3-4-17(19)16-6-5-15-14-21(22-12-13-23-21)11-10-20(15,2)18(16)7-9-19/h15-18,22-23H,3-14H2,1-2H3/p+2/t15-,16+,17+,18-,19+,20+/m1/s1. The van der Waals surface area contributed by atoms with Crippen molar-refractivity contribution < 1.29 is 10.6 Å². The fourth-order valence-corrected chi connectivity index (χ4v) is 8.51. The molecule has 5 rings (SSSR count). The van der Waals surface area contributed by atoms with E-state index in [2.05, 4.69) is 24.5 Å². The lowest BCUT2D eigenvalue weighted by Gasteiger charge is -2.60. The monoisotopic (exact) mass is 318 g/mol. The van der Waals surface area contributed by atoms with Gasteiger partial charge in [-0.25, -0.2) is 0 Å². The van der Waals surface area contributed by atoms with Gasteiger partial charge >= 0.3 is 0 Å². The quantitative estimate of drug-likeness (QED) is 0.687. The highest BCUT2D eigenvalue weighted by Gasteiger charge is 2.61. The minimum absolute atomic E-state index is 0.563. The average Bonchev–Trinajstić information content (AvgIpc) is 3.15. The van der Waals surface area contributed by atoms with E-state index in [1.54, 1.807) is 32.1 Å². The van der Waals surface area contributed by atoms with Crippen LogP contribution in [0.3, 0.4) is 0 Å². The summed E-state index contributed by atoms with van der Waals surface area (Å²) >= 11 is 0. The van der Waals surface area contributed by atoms with E-state index in [1.165, 1.54) is 45.2 Å². The van der Waals surface area contributed by atoms with E-state index < -0.39 is 0 Å². The van der Waals surface area contributed by atoms with E-state index in [4.69, 9.17) is 0 Å². The molecule has 4 N–H and O–H groups in total. The van der Waals surface area contributed by atoms with Gasteiger partial charge in [0.2, 0.25) is 5.66 Å². The number of quaternary nitrogens is 2. The Bertz CT molecular complexity index is 482. The zero-order valence-electron chi connectivity index (χ0n) is 15.4. The highest BCUT2D eigenvalue weighted by Crippen LogP contribution is 2.66. The highest BCUT2D eigenvalue weighted by molar-refractivity contribution is 5.07. The average molecular weight is 319 g/mol. The second-order valence-electron chi connectivity index (χ2n) is 10.7. The molecule has 4 aliphatic carbocycles. The van der Waals surface area contributed by atoms with Crippen molar-refractivity contribution in [3.63, 3.8) is 0 Å². The third-order valence-electron chi connectivity index (χ3n) is 9.87. The second kappa shape index (κ2) is 4.97. The van der Waals surface area contributed by atoms with Gasteiger partial charge in [-0.15, -0.1) is 0 Å². The largest absolute Gasteiger partial charge is 0.290 e. The van der Waals surface area contributed by atoms with Crippen LogP contribution in [0.1, 0.15) is 78.1 Å². The summed E-state index contributed by atoms with van der Waals surface area (Å²) in [5.41, 5.74) is 1.98. The maximum absolute atomic E-state index is 2.73. The Morgan fingerprint density at radius 2 is 1.61 bits per heavy atom. The Morgan fingerprint density at radius 3 is 2.43 bits per heavy atom. The van der Waals surface area contributed by atoms with Gasteiger partial charge in [-0.2, -0.15) is 0 Å². The van der Waals surface area contributed by atoms with Gasteiger partial charge in [0.25, 0.3) is 0 Å². The summed E-state index contributed by atoms with van der Waals surface area (Å²) in [5, 5.41) is 5.40. The molecule has 2 heteroatoms. The van der Waals surface area contributed by atoms with Crippen LogP contribution in [-0.2, 0) is 0 Å². The van der Waals surface area contributed by atoms with Crippen molar-refractivity contribution >= 4 is 0 Å². The molecule has 0 amide bonds. The lowest BCUT2D eigenvalue weighted by atomic mass is 9.44. The van der Waals surface area contributed by atoms with Gasteiger partial charge in [0, 0.05) is 0 Å². The molecule has 5 fully saturated rings. The predicted octanol–water partition coefficient (Wildman–Crippen LogP) is 2.26. The van der Waals surface area contributed by atoms with Crippen LogP contribution in [0.4, 0.5) is 0 Å². The molecule has 1 spiro atoms. The fraction of sp³-hybridized carbons (Fsp3) is 1.00. The Kier molecular flexibility index (Phi) is 3.29. The minimum Gasteiger partial charge on any atom is -0.290 e. The smallest absolute Gasteiger partial charge is 0.220 e. The van der Waals surface area contributed by atoms with Gasteiger partial charge in [0.15, 0.2) is 0 Å². The molecule has 0 unspecified atom stereocenters. The zero-order valence-corrected chi connectivity index (χ0v) is 15.4. The molecule has 5 aliphatic rings. The zero-order chi connectivity index (χ0) is 15.7. The third-order valence-corrected chi connectivity index (χ3v) is 9.87. The van der Waals surface area contributed by atoms with Crippen LogP contribution in [0.5, 0.6) is 0 Å². The topological polar surface area (TPSA) is 33.2 Å². The van der Waals surface area contributed by atoms with Gasteiger partial charge in [0.05, 0.1) is 12.8 Å². The molecule has 0 aromatic carbocycles. The van der Waals surface area contributed by atoms with Crippen LogP contribution in [0.2, 0.25) is 0 Å². The second-order valence-corrected chi connectivity index (χ2v) is 10.7. The summed E-state index contributed by atoms with van der Waals surface area (Å²) in [6.45, 7) is 8.09. The van der Waals surface area contributed by atoms with Gasteiger partial charge in [-0.1, -0.05) is 20.3 Å². The maximum atomic E-state index is 2.73. The molecular formula is C21H38N2+2. The maximum Gasteiger partial charge on any atom is 0.220 e. The number of rotatable bonds is 0. The van der Waals surface area contributed by atoms with Gasteiger partial charge in [-0.3, -0.25) is 10.6 Å². The molecule has 6 atom stereocenters. The van der Waals surface area contributed by atoms with E-state index >= 15 is 0 Å². The van der Waals surface area contributed by atoms with Crippen LogP contribution in [0.15, 0.2) is 0 Å². The van der Waals surface area contributed by atoms with Gasteiger partial charge in [0.1, 0.15) is 13.1 Å². The Hall–Kier alpha value is -0.0800. The molecule has 0 radical (unpaired) electrons. The van der Waals surface area contributed by atoms with E-state index in [0.29, 0.717) is 11.1 Å². The first-order valence-corrected chi connectivity index (χ1v) is 10.7. The molecule has 4 saturated carbocycles. The number of fused-ring (bicyclic) bond motifs is 5. The molecule has 2 nitrogen and oxygen atoms in total. The van der Waals surface area contributed by atoms with E-state index in [1.807, 2.05) is 0 Å². The molecule has 23 heavy (non-hydrogen) atoms. The van der Waals surface area contributed by atoms with E-state index in [9.17, 15) is 0 Å². The van der Waals surface area contributed by atoms with E-state index in [0.717, 1.165) is 29.1 Å². The summed E-state index contributed by atoms with van der Waals surface area (Å²) in [5.74, 6) is 4.26. The molecule has 0 aromatic rings. The van der Waals surface area contributed by atoms with Crippen LogP contribution in [0, 0.1) is 34.5 Å². The lowest BCUT2D eigenvalue weighted by Crippen LogP contribution is -3.12. The summed E-state index contributed by atoms with van der Waals surface area (Å²) in [4.78, 5) is 0. The SMILES string of the molecule is C[C@@]12CCC[C@H]1[C@@H]1CC[C@@H]3CC4(CC[C@]3(C)[C@@H]1CC2)[NH2+]CC[NH2+]4. The summed E-state index contributed by atoms with van der Waals surface area (Å²) in [6, 6.07) is 0. The van der Waals surface area contributed by atoms with Crippen molar-refractivity contribution in [1.82, 2.24) is 0 Å². The molecule has 1 aliphatic heterocycles. The molecule has 0 aromatic heterocycles. The van der Waals surface area contributed by atoms with Crippen LogP contribution in [0.25, 0.3) is 0 Å². The molecular weight excluding hydrogens is 280 g/mol.